The summed E-state index contributed by atoms with van der Waals surface area (Å²) in [5.74, 6) is -0.233. The van der Waals surface area contributed by atoms with Gasteiger partial charge in [-0.2, -0.15) is 0 Å². The Hall–Kier alpha value is -1.84. The Kier molecular flexibility index (Phi) is 4.26. The van der Waals surface area contributed by atoms with Gasteiger partial charge in [-0.05, 0) is 19.1 Å². The maximum Gasteiger partial charge on any atom is 0.244 e. The summed E-state index contributed by atoms with van der Waals surface area (Å²) < 4.78 is 0. The molecule has 0 N–H and O–H groups in total. The summed E-state index contributed by atoms with van der Waals surface area (Å²) in [5, 5.41) is 0. The Morgan fingerprint density at radius 1 is 1.12 bits per heavy atom. The molecule has 0 aliphatic carbocycles. The summed E-state index contributed by atoms with van der Waals surface area (Å²) in [5.41, 5.74) is 0.739. The van der Waals surface area contributed by atoms with Gasteiger partial charge in [0.05, 0.1) is 0 Å². The van der Waals surface area contributed by atoms with Gasteiger partial charge in [0.2, 0.25) is 11.8 Å². The van der Waals surface area contributed by atoms with E-state index < -0.39 is 6.04 Å². The van der Waals surface area contributed by atoms with E-state index in [0.29, 0.717) is 0 Å². The molecule has 1 aromatic carbocycles. The van der Waals surface area contributed by atoms with Crippen LogP contribution in [0.25, 0.3) is 0 Å². The smallest absolute Gasteiger partial charge is 0.244 e. The predicted octanol–water partition coefficient (Wildman–Crippen LogP) is 1.52. The van der Waals surface area contributed by atoms with E-state index in [9.17, 15) is 9.59 Å². The summed E-state index contributed by atoms with van der Waals surface area (Å²) in [4.78, 5) is 26.6. The second-order valence-electron chi connectivity index (χ2n) is 4.13. The van der Waals surface area contributed by atoms with E-state index in [0.717, 1.165) is 5.69 Å². The van der Waals surface area contributed by atoms with Gasteiger partial charge in [-0.3, -0.25) is 9.59 Å². The molecule has 0 spiro atoms. The van der Waals surface area contributed by atoms with Crippen molar-refractivity contribution in [1.29, 1.82) is 0 Å². The number of benzene rings is 1. The third-order valence-electron chi connectivity index (χ3n) is 2.56. The second kappa shape index (κ2) is 5.48. The van der Waals surface area contributed by atoms with Crippen molar-refractivity contribution in [3.05, 3.63) is 30.3 Å². The molecule has 0 saturated heterocycles. The highest BCUT2D eigenvalue weighted by molar-refractivity contribution is 5.99. The third-order valence-corrected chi connectivity index (χ3v) is 2.56. The zero-order valence-corrected chi connectivity index (χ0v) is 10.7. The lowest BCUT2D eigenvalue weighted by molar-refractivity contribution is -0.131. The minimum Gasteiger partial charge on any atom is -0.347 e. The van der Waals surface area contributed by atoms with Gasteiger partial charge in [0.25, 0.3) is 0 Å². The first-order chi connectivity index (χ1) is 7.95. The molecular weight excluding hydrogens is 216 g/mol. The molecule has 1 unspecified atom stereocenters. The van der Waals surface area contributed by atoms with Crippen LogP contribution < -0.4 is 4.90 Å². The summed E-state index contributed by atoms with van der Waals surface area (Å²) in [6.07, 6.45) is 0. The molecule has 1 rings (SSSR count). The molecule has 0 fully saturated rings. The van der Waals surface area contributed by atoms with Crippen LogP contribution in [-0.2, 0) is 9.59 Å². The highest BCUT2D eigenvalue weighted by atomic mass is 16.2. The molecule has 0 heterocycles. The van der Waals surface area contributed by atoms with Crippen LogP contribution in [0.4, 0.5) is 5.69 Å². The van der Waals surface area contributed by atoms with Crippen molar-refractivity contribution in [2.45, 2.75) is 19.9 Å². The fourth-order valence-corrected chi connectivity index (χ4v) is 1.75. The molecular formula is C13H18N2O2. The molecule has 4 nitrogen and oxygen atoms in total. The number of hydrogen-bond acceptors (Lipinski definition) is 2. The Morgan fingerprint density at radius 2 is 1.65 bits per heavy atom. The molecule has 0 aliphatic heterocycles. The van der Waals surface area contributed by atoms with E-state index in [1.165, 1.54) is 16.7 Å². The number of carbonyl (C=O) groups is 2. The molecule has 0 bridgehead atoms. The van der Waals surface area contributed by atoms with Crippen LogP contribution in [-0.4, -0.2) is 36.9 Å². The van der Waals surface area contributed by atoms with Crippen LogP contribution in [0, 0.1) is 0 Å². The van der Waals surface area contributed by atoms with Crippen molar-refractivity contribution in [3.8, 4) is 0 Å². The lowest BCUT2D eigenvalue weighted by Crippen LogP contribution is -2.47. The fraction of sp³-hybridized carbons (Fsp3) is 0.385. The topological polar surface area (TPSA) is 40.6 Å². The molecule has 4 heteroatoms. The molecule has 1 atom stereocenters. The Morgan fingerprint density at radius 3 is 2.06 bits per heavy atom. The molecule has 0 saturated carbocycles. The summed E-state index contributed by atoms with van der Waals surface area (Å²) in [6, 6.07) is 8.71. The highest BCUT2D eigenvalue weighted by Crippen LogP contribution is 2.17. The van der Waals surface area contributed by atoms with E-state index in [2.05, 4.69) is 0 Å². The lowest BCUT2D eigenvalue weighted by Gasteiger charge is -2.29. The van der Waals surface area contributed by atoms with Crippen LogP contribution in [0.1, 0.15) is 13.8 Å². The maximum absolute atomic E-state index is 11.9. The summed E-state index contributed by atoms with van der Waals surface area (Å²) in [6.45, 7) is 3.20. The first-order valence-corrected chi connectivity index (χ1v) is 5.51. The molecule has 0 radical (unpaired) electrons. The zero-order valence-electron chi connectivity index (χ0n) is 10.7. The number of hydrogen-bond donors (Lipinski definition) is 0. The van der Waals surface area contributed by atoms with Gasteiger partial charge < -0.3 is 9.80 Å². The van der Waals surface area contributed by atoms with Crippen molar-refractivity contribution < 1.29 is 9.59 Å². The van der Waals surface area contributed by atoms with Crippen LogP contribution in [0.5, 0.6) is 0 Å². The van der Waals surface area contributed by atoms with Gasteiger partial charge in [-0.15, -0.1) is 0 Å². The summed E-state index contributed by atoms with van der Waals surface area (Å²) in [7, 11) is 3.37. The Labute approximate surface area is 102 Å². The molecule has 0 aromatic heterocycles. The number of carbonyl (C=O) groups excluding carboxylic acids is 2. The largest absolute Gasteiger partial charge is 0.347 e. The minimum atomic E-state index is -0.495. The van der Waals surface area contributed by atoms with E-state index in [1.54, 1.807) is 21.0 Å². The minimum absolute atomic E-state index is 0.0935. The molecule has 17 heavy (non-hydrogen) atoms. The predicted molar refractivity (Wildman–Crippen MR) is 67.8 cm³/mol. The molecule has 92 valence electrons. The quantitative estimate of drug-likeness (QED) is 0.795. The van der Waals surface area contributed by atoms with Crippen LogP contribution in [0.2, 0.25) is 0 Å². The van der Waals surface area contributed by atoms with Crippen molar-refractivity contribution in [2.75, 3.05) is 19.0 Å². The average Bonchev–Trinajstić information content (AvgIpc) is 2.28. The first kappa shape index (κ1) is 13.2. The van der Waals surface area contributed by atoms with Gasteiger partial charge in [0.1, 0.15) is 6.04 Å². The van der Waals surface area contributed by atoms with Gasteiger partial charge in [0.15, 0.2) is 0 Å². The van der Waals surface area contributed by atoms with Crippen molar-refractivity contribution >= 4 is 17.5 Å². The third kappa shape index (κ3) is 3.06. The zero-order chi connectivity index (χ0) is 13.0. The fourth-order valence-electron chi connectivity index (χ4n) is 1.75. The van der Waals surface area contributed by atoms with Gasteiger partial charge >= 0.3 is 0 Å². The number of anilines is 1. The number of para-hydroxylation sites is 1. The SMILES string of the molecule is CC(=O)N(c1ccccc1)C(C)C(=O)N(C)C. The van der Waals surface area contributed by atoms with E-state index in [-0.39, 0.29) is 11.8 Å². The van der Waals surface area contributed by atoms with Gasteiger partial charge in [0, 0.05) is 26.7 Å². The maximum atomic E-state index is 11.9. The van der Waals surface area contributed by atoms with Crippen molar-refractivity contribution in [2.24, 2.45) is 0 Å². The Balaban J connectivity index is 3.03. The highest BCUT2D eigenvalue weighted by Gasteiger charge is 2.25. The second-order valence-corrected chi connectivity index (χ2v) is 4.13. The van der Waals surface area contributed by atoms with Crippen molar-refractivity contribution in [1.82, 2.24) is 4.90 Å². The van der Waals surface area contributed by atoms with Crippen molar-refractivity contribution in [3.63, 3.8) is 0 Å². The first-order valence-electron chi connectivity index (χ1n) is 5.51. The van der Waals surface area contributed by atoms with Gasteiger partial charge in [-0.25, -0.2) is 0 Å². The van der Waals surface area contributed by atoms with Gasteiger partial charge in [-0.1, -0.05) is 18.2 Å². The summed E-state index contributed by atoms with van der Waals surface area (Å²) >= 11 is 0. The normalized spacial score (nSPS) is 11.8. The van der Waals surface area contributed by atoms with Crippen LogP contribution >= 0.6 is 0 Å². The number of likely N-dealkylation sites (N-methyl/N-ethyl adjacent to an activating group) is 1. The molecule has 2 amide bonds. The molecule has 0 aliphatic rings. The molecule has 1 aromatic rings. The Bertz CT molecular complexity index is 401. The average molecular weight is 234 g/mol. The number of rotatable bonds is 3. The van der Waals surface area contributed by atoms with E-state index in [4.69, 9.17) is 0 Å². The lowest BCUT2D eigenvalue weighted by atomic mass is 10.2. The van der Waals surface area contributed by atoms with E-state index in [1.807, 2.05) is 30.3 Å². The van der Waals surface area contributed by atoms with Crippen LogP contribution in [0.3, 0.4) is 0 Å². The van der Waals surface area contributed by atoms with E-state index >= 15 is 0 Å². The number of nitrogens with zero attached hydrogens (tertiary/aromatic N) is 2. The monoisotopic (exact) mass is 234 g/mol. The van der Waals surface area contributed by atoms with Crippen LogP contribution in [0.15, 0.2) is 30.3 Å². The standard InChI is InChI=1S/C13H18N2O2/c1-10(13(17)14(3)4)15(11(2)16)12-8-6-5-7-9-12/h5-10H,1-4H3. The number of amides is 2.